The first-order chi connectivity index (χ1) is 15.1. The molecule has 156 valence electrons. The quantitative estimate of drug-likeness (QED) is 0.392. The molecule has 31 heavy (non-hydrogen) atoms. The Hall–Kier alpha value is -3.93. The molecule has 4 rings (SSSR count). The van der Waals surface area contributed by atoms with E-state index in [9.17, 15) is 9.18 Å². The number of fused-ring (bicyclic) bond motifs is 1. The van der Waals surface area contributed by atoms with E-state index in [-0.39, 0.29) is 6.61 Å². The van der Waals surface area contributed by atoms with Crippen LogP contribution in [0.25, 0.3) is 22.2 Å². The van der Waals surface area contributed by atoms with Gasteiger partial charge in [-0.25, -0.2) is 14.2 Å². The van der Waals surface area contributed by atoms with Crippen LogP contribution in [-0.2, 0) is 11.3 Å². The zero-order valence-corrected chi connectivity index (χ0v) is 17.1. The number of hydrogen-bond donors (Lipinski definition) is 0. The number of halogens is 1. The molecular weight excluding hydrogens is 397 g/mol. The number of ether oxygens (including phenoxy) is 3. The molecule has 0 aliphatic rings. The third-order valence-corrected chi connectivity index (χ3v) is 4.93. The van der Waals surface area contributed by atoms with Crippen LogP contribution in [-0.4, -0.2) is 25.2 Å². The van der Waals surface area contributed by atoms with E-state index in [0.29, 0.717) is 39.2 Å². The number of carbonyl (C=O) groups is 1. The van der Waals surface area contributed by atoms with E-state index in [0.717, 1.165) is 5.56 Å². The molecule has 0 saturated carbocycles. The van der Waals surface area contributed by atoms with Gasteiger partial charge in [0.15, 0.2) is 11.5 Å². The molecular formula is C25H20FNO4. The number of pyridine rings is 1. The highest BCUT2D eigenvalue weighted by atomic mass is 19.1. The zero-order valence-electron chi connectivity index (χ0n) is 17.1. The second kappa shape index (κ2) is 8.83. The van der Waals surface area contributed by atoms with Gasteiger partial charge in [0, 0.05) is 16.5 Å². The molecule has 1 heterocycles. The van der Waals surface area contributed by atoms with E-state index in [1.54, 1.807) is 56.7 Å². The van der Waals surface area contributed by atoms with Gasteiger partial charge in [0.05, 0.1) is 31.0 Å². The predicted octanol–water partition coefficient (Wildman–Crippen LogP) is 5.42. The highest BCUT2D eigenvalue weighted by Crippen LogP contribution is 2.33. The van der Waals surface area contributed by atoms with Gasteiger partial charge in [0.25, 0.3) is 0 Å². The zero-order chi connectivity index (χ0) is 21.8. The average molecular weight is 417 g/mol. The topological polar surface area (TPSA) is 57.7 Å². The predicted molar refractivity (Wildman–Crippen MR) is 116 cm³/mol. The van der Waals surface area contributed by atoms with Crippen molar-refractivity contribution in [3.63, 3.8) is 0 Å². The first kappa shape index (κ1) is 20.3. The molecule has 0 aliphatic heterocycles. The molecule has 0 bridgehead atoms. The van der Waals surface area contributed by atoms with E-state index in [2.05, 4.69) is 4.98 Å². The Bertz CT molecular complexity index is 1260. The van der Waals surface area contributed by atoms with Crippen LogP contribution in [0.2, 0.25) is 0 Å². The van der Waals surface area contributed by atoms with Gasteiger partial charge in [0.1, 0.15) is 12.4 Å². The van der Waals surface area contributed by atoms with Gasteiger partial charge in [-0.1, -0.05) is 36.4 Å². The van der Waals surface area contributed by atoms with Crippen LogP contribution < -0.4 is 9.47 Å². The van der Waals surface area contributed by atoms with Crippen LogP contribution in [0.15, 0.2) is 72.8 Å². The number of esters is 1. The smallest absolute Gasteiger partial charge is 0.339 e. The molecule has 0 aliphatic carbocycles. The summed E-state index contributed by atoms with van der Waals surface area (Å²) in [4.78, 5) is 17.6. The average Bonchev–Trinajstić information content (AvgIpc) is 2.82. The molecule has 0 atom stereocenters. The fourth-order valence-corrected chi connectivity index (χ4v) is 3.32. The Labute approximate surface area is 179 Å². The summed E-state index contributed by atoms with van der Waals surface area (Å²) < 4.78 is 30.0. The minimum Gasteiger partial charge on any atom is -0.493 e. The largest absolute Gasteiger partial charge is 0.493 e. The number of nitrogens with zero attached hydrogens (tertiary/aromatic N) is 1. The van der Waals surface area contributed by atoms with E-state index < -0.39 is 11.8 Å². The van der Waals surface area contributed by atoms with Crippen molar-refractivity contribution in [3.8, 4) is 22.8 Å². The van der Waals surface area contributed by atoms with Gasteiger partial charge in [-0.05, 0) is 36.4 Å². The van der Waals surface area contributed by atoms with Crippen LogP contribution >= 0.6 is 0 Å². The molecule has 0 amide bonds. The number of para-hydroxylation sites is 1. The van der Waals surface area contributed by atoms with Crippen molar-refractivity contribution in [1.29, 1.82) is 0 Å². The summed E-state index contributed by atoms with van der Waals surface area (Å²) in [5.41, 5.74) is 2.65. The highest BCUT2D eigenvalue weighted by molar-refractivity contribution is 6.04. The Balaban J connectivity index is 1.73. The Kier molecular flexibility index (Phi) is 5.80. The minimum atomic E-state index is -0.552. The third-order valence-electron chi connectivity index (χ3n) is 4.93. The van der Waals surface area contributed by atoms with Crippen LogP contribution in [0.3, 0.4) is 0 Å². The molecule has 0 saturated heterocycles. The minimum absolute atomic E-state index is 0.159. The van der Waals surface area contributed by atoms with Crippen molar-refractivity contribution < 1.29 is 23.4 Å². The first-order valence-corrected chi connectivity index (χ1v) is 9.63. The molecule has 6 heteroatoms. The summed E-state index contributed by atoms with van der Waals surface area (Å²) in [6, 6.07) is 20.6. The van der Waals surface area contributed by atoms with E-state index in [4.69, 9.17) is 14.2 Å². The lowest BCUT2D eigenvalue weighted by atomic mass is 10.0. The molecule has 3 aromatic carbocycles. The third kappa shape index (κ3) is 4.19. The van der Waals surface area contributed by atoms with Crippen LogP contribution in [0.5, 0.6) is 11.5 Å². The fourth-order valence-electron chi connectivity index (χ4n) is 3.32. The lowest BCUT2D eigenvalue weighted by molar-refractivity contribution is 0.0471. The second-order valence-electron chi connectivity index (χ2n) is 6.81. The van der Waals surface area contributed by atoms with Crippen LogP contribution in [0, 0.1) is 5.82 Å². The summed E-state index contributed by atoms with van der Waals surface area (Å²) in [7, 11) is 3.12. The Morgan fingerprint density at radius 1 is 0.903 bits per heavy atom. The number of rotatable bonds is 6. The summed E-state index contributed by atoms with van der Waals surface area (Å²) >= 11 is 0. The van der Waals surface area contributed by atoms with Gasteiger partial charge in [-0.3, -0.25) is 0 Å². The standard InChI is InChI=1S/C25H20FNO4/c1-29-23-12-11-16(13-24(23)30-2)22-14-19(18-8-4-6-10-21(18)27-22)25(28)31-15-17-7-3-5-9-20(17)26/h3-14H,15H2,1-2H3. The normalized spacial score (nSPS) is 10.7. The summed E-state index contributed by atoms with van der Waals surface area (Å²) in [6.45, 7) is -0.159. The number of benzene rings is 3. The van der Waals surface area contributed by atoms with E-state index in [1.807, 2.05) is 24.3 Å². The number of aromatic nitrogens is 1. The number of methoxy groups -OCH3 is 2. The fraction of sp³-hybridized carbons (Fsp3) is 0.120. The second-order valence-corrected chi connectivity index (χ2v) is 6.81. The van der Waals surface area contributed by atoms with Gasteiger partial charge in [-0.2, -0.15) is 0 Å². The van der Waals surface area contributed by atoms with Crippen molar-refractivity contribution in [2.24, 2.45) is 0 Å². The van der Waals surface area contributed by atoms with Gasteiger partial charge in [0.2, 0.25) is 0 Å². The maximum Gasteiger partial charge on any atom is 0.339 e. The van der Waals surface area contributed by atoms with E-state index in [1.165, 1.54) is 6.07 Å². The summed E-state index contributed by atoms with van der Waals surface area (Å²) in [6.07, 6.45) is 0. The monoisotopic (exact) mass is 417 g/mol. The SMILES string of the molecule is COc1ccc(-c2cc(C(=O)OCc3ccccc3F)c3ccccc3n2)cc1OC. The molecule has 0 unspecified atom stereocenters. The molecule has 0 fully saturated rings. The van der Waals surface area contributed by atoms with Gasteiger partial charge >= 0.3 is 5.97 Å². The summed E-state index contributed by atoms with van der Waals surface area (Å²) in [5, 5.41) is 0.658. The Morgan fingerprint density at radius 2 is 1.65 bits per heavy atom. The number of carbonyl (C=O) groups excluding carboxylic acids is 1. The van der Waals surface area contributed by atoms with Crippen LogP contribution in [0.1, 0.15) is 15.9 Å². The lowest BCUT2D eigenvalue weighted by Gasteiger charge is -2.12. The molecule has 4 aromatic rings. The van der Waals surface area contributed by atoms with Crippen molar-refractivity contribution in [3.05, 3.63) is 89.7 Å². The van der Waals surface area contributed by atoms with Crippen LogP contribution in [0.4, 0.5) is 4.39 Å². The summed E-state index contributed by atoms with van der Waals surface area (Å²) in [5.74, 6) is 0.180. The van der Waals surface area contributed by atoms with Gasteiger partial charge < -0.3 is 14.2 Å². The molecule has 0 radical (unpaired) electrons. The molecule has 5 nitrogen and oxygen atoms in total. The highest BCUT2D eigenvalue weighted by Gasteiger charge is 2.17. The lowest BCUT2D eigenvalue weighted by Crippen LogP contribution is -2.08. The maximum absolute atomic E-state index is 13.9. The van der Waals surface area contributed by atoms with Crippen molar-refractivity contribution in [2.45, 2.75) is 6.61 Å². The van der Waals surface area contributed by atoms with Gasteiger partial charge in [-0.15, -0.1) is 0 Å². The van der Waals surface area contributed by atoms with Crippen molar-refractivity contribution in [2.75, 3.05) is 14.2 Å². The molecule has 0 spiro atoms. The maximum atomic E-state index is 13.9. The first-order valence-electron chi connectivity index (χ1n) is 9.63. The molecule has 0 N–H and O–H groups in total. The van der Waals surface area contributed by atoms with Crippen molar-refractivity contribution >= 4 is 16.9 Å². The molecule has 1 aromatic heterocycles. The van der Waals surface area contributed by atoms with Crippen molar-refractivity contribution in [1.82, 2.24) is 4.98 Å². The Morgan fingerprint density at radius 3 is 2.42 bits per heavy atom. The number of hydrogen-bond acceptors (Lipinski definition) is 5. The van der Waals surface area contributed by atoms with E-state index >= 15 is 0 Å².